The van der Waals surface area contributed by atoms with Crippen molar-refractivity contribution in [2.24, 2.45) is 9.98 Å². The third-order valence-electron chi connectivity index (χ3n) is 5.63. The molecule has 3 heteroatoms. The van der Waals surface area contributed by atoms with Gasteiger partial charge in [-0.25, -0.2) is 0 Å². The summed E-state index contributed by atoms with van der Waals surface area (Å²) in [6.45, 7) is 17.1. The van der Waals surface area contributed by atoms with Crippen LogP contribution in [0.2, 0.25) is 0 Å². The van der Waals surface area contributed by atoms with E-state index in [4.69, 9.17) is 4.99 Å². The fourth-order valence-electron chi connectivity index (χ4n) is 3.76. The summed E-state index contributed by atoms with van der Waals surface area (Å²) in [6, 6.07) is 18.4. The van der Waals surface area contributed by atoms with Crippen molar-refractivity contribution in [2.45, 2.75) is 66.2 Å². The molecule has 0 saturated carbocycles. The van der Waals surface area contributed by atoms with E-state index in [2.05, 4.69) is 71.7 Å². The van der Waals surface area contributed by atoms with Crippen LogP contribution >= 0.6 is 0 Å². The molecule has 0 aliphatic carbocycles. The fraction of sp³-hybridized carbons (Fsp3) is 0.333. The largest absolute Gasteiger partial charge is 0.507 e. The normalized spacial score (nSPS) is 12.7. The van der Waals surface area contributed by atoms with Crippen molar-refractivity contribution in [3.8, 4) is 5.75 Å². The van der Waals surface area contributed by atoms with E-state index in [1.807, 2.05) is 49.5 Å². The number of aryl methyl sites for hydroxylation is 2. The Morgan fingerprint density at radius 3 is 1.85 bits per heavy atom. The Hall–Kier alpha value is -3.20. The van der Waals surface area contributed by atoms with Crippen LogP contribution in [0.4, 0.5) is 11.4 Å². The zero-order valence-electron chi connectivity index (χ0n) is 21.2. The Morgan fingerprint density at radius 2 is 1.27 bits per heavy atom. The molecule has 0 radical (unpaired) electrons. The van der Waals surface area contributed by atoms with E-state index in [-0.39, 0.29) is 16.6 Å². The lowest BCUT2D eigenvalue weighted by atomic mass is 9.84. The highest BCUT2D eigenvalue weighted by Crippen LogP contribution is 2.34. The molecule has 3 rings (SSSR count). The van der Waals surface area contributed by atoms with E-state index < -0.39 is 0 Å². The molecule has 0 aliphatic heterocycles. The van der Waals surface area contributed by atoms with Gasteiger partial charge in [-0.3, -0.25) is 9.98 Å². The van der Waals surface area contributed by atoms with E-state index in [1.165, 1.54) is 11.1 Å². The number of aliphatic imine (C=N–C) groups is 2. The van der Waals surface area contributed by atoms with Gasteiger partial charge in [0.2, 0.25) is 0 Å². The highest BCUT2D eigenvalue weighted by molar-refractivity contribution is 5.89. The van der Waals surface area contributed by atoms with Gasteiger partial charge in [-0.15, -0.1) is 0 Å². The van der Waals surface area contributed by atoms with Crippen LogP contribution in [0.5, 0.6) is 5.75 Å². The average Bonchev–Trinajstić information content (AvgIpc) is 2.71. The molecule has 0 unspecified atom stereocenters. The van der Waals surface area contributed by atoms with Crippen molar-refractivity contribution in [3.05, 3.63) is 88.0 Å². The molecule has 3 nitrogen and oxygen atoms in total. The highest BCUT2D eigenvalue weighted by atomic mass is 16.3. The summed E-state index contributed by atoms with van der Waals surface area (Å²) in [5.74, 6) is 0.285. The van der Waals surface area contributed by atoms with Crippen LogP contribution in [0, 0.1) is 13.8 Å². The van der Waals surface area contributed by atoms with Gasteiger partial charge in [-0.05, 0) is 65.6 Å². The third kappa shape index (κ3) is 6.19. The van der Waals surface area contributed by atoms with Gasteiger partial charge < -0.3 is 5.11 Å². The maximum atomic E-state index is 10.8. The molecule has 0 amide bonds. The van der Waals surface area contributed by atoms with E-state index in [0.717, 1.165) is 28.1 Å². The molecular weight excluding hydrogens is 404 g/mol. The van der Waals surface area contributed by atoms with Gasteiger partial charge in [-0.1, -0.05) is 77.4 Å². The molecule has 0 aliphatic rings. The predicted molar refractivity (Wildman–Crippen MR) is 142 cm³/mol. The van der Waals surface area contributed by atoms with Crippen LogP contribution in [0.25, 0.3) is 0 Å². The maximum absolute atomic E-state index is 10.8. The molecule has 3 aromatic rings. The smallest absolute Gasteiger partial charge is 0.128 e. The van der Waals surface area contributed by atoms with Crippen molar-refractivity contribution in [1.29, 1.82) is 0 Å². The molecule has 3 aromatic carbocycles. The zero-order valence-corrected chi connectivity index (χ0v) is 21.2. The lowest BCUT2D eigenvalue weighted by Gasteiger charge is -2.22. The first-order valence-electron chi connectivity index (χ1n) is 11.5. The van der Waals surface area contributed by atoms with Crippen LogP contribution in [0.15, 0.2) is 64.6 Å². The Balaban J connectivity index is 1.95. The minimum atomic E-state index is -0.152. The van der Waals surface area contributed by atoms with E-state index >= 15 is 0 Å². The first kappa shape index (κ1) is 24.4. The summed E-state index contributed by atoms with van der Waals surface area (Å²) in [5.41, 5.74) is 7.80. The number of hydrogen-bond acceptors (Lipinski definition) is 3. The van der Waals surface area contributed by atoms with Crippen molar-refractivity contribution >= 4 is 23.8 Å². The molecule has 0 fully saturated rings. The number of nitrogens with zero attached hydrogens (tertiary/aromatic N) is 2. The maximum Gasteiger partial charge on any atom is 0.128 e. The molecule has 0 atom stereocenters. The van der Waals surface area contributed by atoms with Crippen molar-refractivity contribution in [3.63, 3.8) is 0 Å². The van der Waals surface area contributed by atoms with Crippen LogP contribution in [0.1, 0.15) is 74.9 Å². The van der Waals surface area contributed by atoms with Gasteiger partial charge in [0.15, 0.2) is 0 Å². The number of benzene rings is 3. The zero-order chi connectivity index (χ0) is 24.4. The molecule has 0 aromatic heterocycles. The van der Waals surface area contributed by atoms with Crippen molar-refractivity contribution < 1.29 is 5.11 Å². The molecule has 0 heterocycles. The Bertz CT molecular complexity index is 1200. The van der Waals surface area contributed by atoms with Crippen LogP contribution in [-0.4, -0.2) is 17.5 Å². The SMILES string of the molecule is Cc1cc(C=Nc2ccccc2N=Cc2cc(C)cc(C(C)(C)C)c2O)cc(C(C)(C)C)c1. The second kappa shape index (κ2) is 9.35. The Labute approximate surface area is 199 Å². The second-order valence-corrected chi connectivity index (χ2v) is 10.9. The lowest BCUT2D eigenvalue weighted by molar-refractivity contribution is 0.445. The molecule has 1 N–H and O–H groups in total. The van der Waals surface area contributed by atoms with E-state index in [0.29, 0.717) is 5.56 Å². The van der Waals surface area contributed by atoms with E-state index in [1.54, 1.807) is 6.21 Å². The third-order valence-corrected chi connectivity index (χ3v) is 5.63. The summed E-state index contributed by atoms with van der Waals surface area (Å²) >= 11 is 0. The fourth-order valence-corrected chi connectivity index (χ4v) is 3.76. The summed E-state index contributed by atoms with van der Waals surface area (Å²) in [7, 11) is 0. The number of phenols is 1. The molecule has 0 saturated heterocycles. The highest BCUT2D eigenvalue weighted by Gasteiger charge is 2.20. The monoisotopic (exact) mass is 440 g/mol. The topological polar surface area (TPSA) is 45.0 Å². The van der Waals surface area contributed by atoms with E-state index in [9.17, 15) is 5.11 Å². The van der Waals surface area contributed by atoms with Gasteiger partial charge in [0, 0.05) is 23.6 Å². The standard InChI is InChI=1S/C30H36N2O/c1-20-13-22(17-24(15-20)29(3,4)5)18-31-26-11-9-10-12-27(26)32-19-23-14-21(2)16-25(28(23)33)30(6,7)8/h9-19,33H,1-8H3. The molecule has 0 bridgehead atoms. The average molecular weight is 441 g/mol. The Morgan fingerprint density at radius 1 is 0.697 bits per heavy atom. The number of rotatable bonds is 4. The molecule has 0 spiro atoms. The van der Waals surface area contributed by atoms with Gasteiger partial charge in [-0.2, -0.15) is 0 Å². The van der Waals surface area contributed by atoms with Crippen molar-refractivity contribution in [2.75, 3.05) is 0 Å². The summed E-state index contributed by atoms with van der Waals surface area (Å²) in [5, 5.41) is 10.8. The summed E-state index contributed by atoms with van der Waals surface area (Å²) < 4.78 is 0. The minimum absolute atomic E-state index is 0.0819. The van der Waals surface area contributed by atoms with Crippen LogP contribution < -0.4 is 0 Å². The summed E-state index contributed by atoms with van der Waals surface area (Å²) in [4.78, 5) is 9.44. The Kier molecular flexibility index (Phi) is 6.92. The van der Waals surface area contributed by atoms with Crippen LogP contribution in [-0.2, 0) is 10.8 Å². The molecular formula is C30H36N2O. The first-order valence-corrected chi connectivity index (χ1v) is 11.5. The van der Waals surface area contributed by atoms with Gasteiger partial charge in [0.1, 0.15) is 5.75 Å². The predicted octanol–water partition coefficient (Wildman–Crippen LogP) is 8.11. The second-order valence-electron chi connectivity index (χ2n) is 10.9. The number of hydrogen-bond donors (Lipinski definition) is 1. The first-order chi connectivity index (χ1) is 15.3. The van der Waals surface area contributed by atoms with Gasteiger partial charge >= 0.3 is 0 Å². The number of aromatic hydroxyl groups is 1. The van der Waals surface area contributed by atoms with Gasteiger partial charge in [0.05, 0.1) is 11.4 Å². The molecule has 33 heavy (non-hydrogen) atoms. The van der Waals surface area contributed by atoms with Gasteiger partial charge in [0.25, 0.3) is 0 Å². The summed E-state index contributed by atoms with van der Waals surface area (Å²) in [6.07, 6.45) is 3.63. The molecule has 172 valence electrons. The minimum Gasteiger partial charge on any atom is -0.507 e. The van der Waals surface area contributed by atoms with Crippen molar-refractivity contribution in [1.82, 2.24) is 0 Å². The number of para-hydroxylation sites is 2. The lowest BCUT2D eigenvalue weighted by Crippen LogP contribution is -2.12. The quantitative estimate of drug-likeness (QED) is 0.409. The van der Waals surface area contributed by atoms with Crippen LogP contribution in [0.3, 0.4) is 0 Å². The number of phenolic OH excluding ortho intramolecular Hbond substituents is 1.